The Balaban J connectivity index is 3.51. The molecule has 0 aliphatic rings. The molecule has 30 heavy (non-hydrogen) atoms. The summed E-state index contributed by atoms with van der Waals surface area (Å²) >= 11 is 0. The second-order valence-corrected chi connectivity index (χ2v) is 9.59. The lowest BCUT2D eigenvalue weighted by Crippen LogP contribution is -2.26. The average molecular weight is 451 g/mol. The lowest BCUT2D eigenvalue weighted by molar-refractivity contribution is -0.0344. The van der Waals surface area contributed by atoms with E-state index in [-0.39, 0.29) is 13.2 Å². The Morgan fingerprint density at radius 1 is 0.833 bits per heavy atom. The van der Waals surface area contributed by atoms with E-state index < -0.39 is 13.9 Å². The van der Waals surface area contributed by atoms with Crippen LogP contribution in [0.15, 0.2) is 12.2 Å². The van der Waals surface area contributed by atoms with Crippen molar-refractivity contribution in [3.05, 3.63) is 12.2 Å². The number of rotatable bonds is 23. The third kappa shape index (κ3) is 24.0. The molecule has 180 valence electrons. The highest BCUT2D eigenvalue weighted by atomic mass is 31.2. The molecule has 0 radical (unpaired) electrons. The van der Waals surface area contributed by atoms with Crippen LogP contribution in [-0.4, -0.2) is 42.3 Å². The van der Waals surface area contributed by atoms with Crippen molar-refractivity contribution < 1.29 is 28.3 Å². The maximum Gasteiger partial charge on any atom is 0.469 e. The van der Waals surface area contributed by atoms with Crippen LogP contribution in [0.2, 0.25) is 0 Å². The Morgan fingerprint density at radius 2 is 1.30 bits per heavy atom. The van der Waals surface area contributed by atoms with E-state index >= 15 is 0 Å². The van der Waals surface area contributed by atoms with Crippen molar-refractivity contribution in [3.8, 4) is 0 Å². The first-order valence-electron chi connectivity index (χ1n) is 11.9. The van der Waals surface area contributed by atoms with Crippen LogP contribution in [-0.2, 0) is 18.6 Å². The normalized spacial score (nSPS) is 12.9. The van der Waals surface area contributed by atoms with Crippen LogP contribution in [0, 0.1) is 0 Å². The minimum absolute atomic E-state index is 0.198. The van der Waals surface area contributed by atoms with Gasteiger partial charge in [-0.3, -0.25) is 4.52 Å². The van der Waals surface area contributed by atoms with Crippen LogP contribution in [0.3, 0.4) is 0 Å². The Bertz CT molecular complexity index is 437. The van der Waals surface area contributed by atoms with Crippen molar-refractivity contribution >= 4 is 7.82 Å². The summed E-state index contributed by atoms with van der Waals surface area (Å²) in [5.41, 5.74) is 0.836. The van der Waals surface area contributed by atoms with Crippen molar-refractivity contribution in [1.29, 1.82) is 0 Å². The van der Waals surface area contributed by atoms with Gasteiger partial charge in [-0.25, -0.2) is 4.57 Å². The van der Waals surface area contributed by atoms with E-state index in [9.17, 15) is 4.57 Å². The average Bonchev–Trinajstić information content (AvgIpc) is 2.68. The predicted octanol–water partition coefficient (Wildman–Crippen LogP) is 6.55. The van der Waals surface area contributed by atoms with Crippen LogP contribution in [0.4, 0.5) is 0 Å². The molecule has 0 aromatic rings. The Kier molecular flexibility index (Phi) is 20.5. The van der Waals surface area contributed by atoms with E-state index in [1.807, 2.05) is 6.92 Å². The molecule has 0 aliphatic carbocycles. The summed E-state index contributed by atoms with van der Waals surface area (Å²) in [7, 11) is -4.50. The van der Waals surface area contributed by atoms with Gasteiger partial charge < -0.3 is 19.3 Å². The molecule has 0 spiro atoms. The second kappa shape index (κ2) is 20.7. The van der Waals surface area contributed by atoms with Crippen LogP contribution < -0.4 is 0 Å². The van der Waals surface area contributed by atoms with Crippen molar-refractivity contribution in [2.24, 2.45) is 0 Å². The Labute approximate surface area is 185 Å². The summed E-state index contributed by atoms with van der Waals surface area (Å²) in [6.07, 6.45) is 17.9. The first-order valence-corrected chi connectivity index (χ1v) is 13.4. The van der Waals surface area contributed by atoms with Gasteiger partial charge in [0.1, 0.15) is 6.10 Å². The fraction of sp³-hybridized carbons (Fsp3) is 0.913. The maximum atomic E-state index is 10.9. The molecule has 7 heteroatoms. The molecule has 6 nitrogen and oxygen atoms in total. The summed E-state index contributed by atoms with van der Waals surface area (Å²) in [5.74, 6) is 0. The fourth-order valence-corrected chi connectivity index (χ4v) is 3.56. The monoisotopic (exact) mass is 450 g/mol. The van der Waals surface area contributed by atoms with Crippen LogP contribution in [0.1, 0.15) is 104 Å². The maximum absolute atomic E-state index is 10.9. The van der Waals surface area contributed by atoms with Gasteiger partial charge in [0.15, 0.2) is 0 Å². The lowest BCUT2D eigenvalue weighted by Gasteiger charge is -2.18. The summed E-state index contributed by atoms with van der Waals surface area (Å²) in [5, 5.41) is 0. The van der Waals surface area contributed by atoms with E-state index in [4.69, 9.17) is 19.3 Å². The molecule has 0 heterocycles. The van der Waals surface area contributed by atoms with Gasteiger partial charge in [-0.05, 0) is 13.3 Å². The SMILES string of the molecule is C=C(C)COC(COCCCCCCCCCCCCCCCC)COP(=O)(O)O. The largest absolute Gasteiger partial charge is 0.469 e. The standard InChI is InChI=1S/C23H47O6P/c1-4-5-6-7-8-9-10-11-12-13-14-15-16-17-18-27-20-23(28-19-22(2)3)21-29-30(24,25)26/h23H,2,4-21H2,1,3H3,(H2,24,25,26). The molecule has 0 saturated carbocycles. The minimum Gasteiger partial charge on any atom is -0.379 e. The quantitative estimate of drug-likeness (QED) is 0.104. The van der Waals surface area contributed by atoms with Crippen LogP contribution >= 0.6 is 7.82 Å². The number of hydrogen-bond donors (Lipinski definition) is 2. The van der Waals surface area contributed by atoms with E-state index in [2.05, 4.69) is 18.0 Å². The molecule has 0 aliphatic heterocycles. The van der Waals surface area contributed by atoms with Crippen LogP contribution in [0.5, 0.6) is 0 Å². The summed E-state index contributed by atoms with van der Waals surface area (Å²) in [6.45, 7) is 8.85. The zero-order valence-electron chi connectivity index (χ0n) is 19.5. The zero-order valence-corrected chi connectivity index (χ0v) is 20.4. The predicted molar refractivity (Wildman–Crippen MR) is 124 cm³/mol. The summed E-state index contributed by atoms with van der Waals surface area (Å²) in [4.78, 5) is 17.7. The zero-order chi connectivity index (χ0) is 22.5. The highest BCUT2D eigenvalue weighted by Crippen LogP contribution is 2.35. The van der Waals surface area contributed by atoms with Gasteiger partial charge in [0.05, 0.1) is 19.8 Å². The number of phosphoric ester groups is 1. The first-order chi connectivity index (χ1) is 14.3. The molecule has 1 atom stereocenters. The molecule has 0 rings (SSSR count). The highest BCUT2D eigenvalue weighted by molar-refractivity contribution is 7.46. The van der Waals surface area contributed by atoms with Gasteiger partial charge in [-0.2, -0.15) is 0 Å². The first kappa shape index (κ1) is 29.8. The molecule has 0 fully saturated rings. The van der Waals surface area contributed by atoms with E-state index in [0.717, 1.165) is 18.4 Å². The molecular weight excluding hydrogens is 403 g/mol. The topological polar surface area (TPSA) is 85.2 Å². The number of phosphoric acid groups is 1. The molecule has 0 aromatic heterocycles. The molecule has 0 aromatic carbocycles. The third-order valence-electron chi connectivity index (χ3n) is 4.94. The Morgan fingerprint density at radius 3 is 1.73 bits per heavy atom. The summed E-state index contributed by atoms with van der Waals surface area (Å²) in [6, 6.07) is 0. The molecule has 1 unspecified atom stereocenters. The van der Waals surface area contributed by atoms with E-state index in [1.165, 1.54) is 77.0 Å². The van der Waals surface area contributed by atoms with Gasteiger partial charge >= 0.3 is 7.82 Å². The molecule has 2 N–H and O–H groups in total. The smallest absolute Gasteiger partial charge is 0.379 e. The van der Waals surface area contributed by atoms with Crippen molar-refractivity contribution in [2.45, 2.75) is 110 Å². The molecule has 0 bridgehead atoms. The van der Waals surface area contributed by atoms with E-state index in [1.54, 1.807) is 0 Å². The molecule has 0 saturated heterocycles. The third-order valence-corrected chi connectivity index (χ3v) is 5.43. The fourth-order valence-electron chi connectivity index (χ4n) is 3.20. The lowest BCUT2D eigenvalue weighted by atomic mass is 10.0. The van der Waals surface area contributed by atoms with Crippen molar-refractivity contribution in [1.82, 2.24) is 0 Å². The van der Waals surface area contributed by atoms with Gasteiger partial charge in [-0.1, -0.05) is 103 Å². The van der Waals surface area contributed by atoms with Crippen molar-refractivity contribution in [3.63, 3.8) is 0 Å². The van der Waals surface area contributed by atoms with Gasteiger partial charge in [0.2, 0.25) is 0 Å². The van der Waals surface area contributed by atoms with Gasteiger partial charge in [0, 0.05) is 6.61 Å². The van der Waals surface area contributed by atoms with Crippen LogP contribution in [0.25, 0.3) is 0 Å². The minimum atomic E-state index is -4.50. The molecule has 0 amide bonds. The van der Waals surface area contributed by atoms with Gasteiger partial charge in [-0.15, -0.1) is 0 Å². The number of unbranched alkanes of at least 4 members (excludes halogenated alkanes) is 13. The van der Waals surface area contributed by atoms with Crippen molar-refractivity contribution in [2.75, 3.05) is 26.4 Å². The Hall–Kier alpha value is -0.230. The second-order valence-electron chi connectivity index (χ2n) is 8.35. The highest BCUT2D eigenvalue weighted by Gasteiger charge is 2.19. The van der Waals surface area contributed by atoms with Gasteiger partial charge in [0.25, 0.3) is 0 Å². The van der Waals surface area contributed by atoms with E-state index in [0.29, 0.717) is 13.2 Å². The number of hydrogen-bond acceptors (Lipinski definition) is 4. The summed E-state index contributed by atoms with van der Waals surface area (Å²) < 4.78 is 26.5. The number of ether oxygens (including phenoxy) is 2. The molecular formula is C23H47O6P.